The summed E-state index contributed by atoms with van der Waals surface area (Å²) in [6.07, 6.45) is 0.130. The molecule has 8 heteroatoms. The summed E-state index contributed by atoms with van der Waals surface area (Å²) in [7, 11) is 0. The molecule has 110 valence electrons. The Balaban J connectivity index is 1.81. The van der Waals surface area contributed by atoms with Crippen LogP contribution in [-0.2, 0) is 20.7 Å². The van der Waals surface area contributed by atoms with E-state index in [1.807, 2.05) is 0 Å². The highest BCUT2D eigenvalue weighted by molar-refractivity contribution is 5.76. The van der Waals surface area contributed by atoms with Crippen LogP contribution in [0.2, 0.25) is 0 Å². The van der Waals surface area contributed by atoms with Gasteiger partial charge in [-0.05, 0) is 6.92 Å². The predicted molar refractivity (Wildman–Crippen MR) is 65.9 cm³/mol. The molecule has 0 aliphatic carbocycles. The third kappa shape index (κ3) is 4.02. The lowest BCUT2D eigenvalue weighted by Crippen LogP contribution is -2.46. The van der Waals surface area contributed by atoms with E-state index >= 15 is 0 Å². The maximum Gasteiger partial charge on any atom is 0.306 e. The van der Waals surface area contributed by atoms with Gasteiger partial charge in [0.05, 0.1) is 19.1 Å². The van der Waals surface area contributed by atoms with Crippen LogP contribution in [-0.4, -0.2) is 57.8 Å². The number of carbonyl (C=O) groups is 2. The summed E-state index contributed by atoms with van der Waals surface area (Å²) < 4.78 is 10.3. The number of morpholine rings is 1. The molecule has 1 unspecified atom stereocenters. The normalized spacial score (nSPS) is 19.1. The maximum absolute atomic E-state index is 12.0. The Morgan fingerprint density at radius 1 is 1.50 bits per heavy atom. The van der Waals surface area contributed by atoms with Gasteiger partial charge in [-0.3, -0.25) is 9.59 Å². The highest BCUT2D eigenvalue weighted by Crippen LogP contribution is 2.11. The molecule has 8 nitrogen and oxygen atoms in total. The van der Waals surface area contributed by atoms with Gasteiger partial charge in [-0.1, -0.05) is 5.16 Å². The molecule has 1 aliphatic heterocycles. The summed E-state index contributed by atoms with van der Waals surface area (Å²) in [6.45, 7) is 2.88. The summed E-state index contributed by atoms with van der Waals surface area (Å²) in [5.41, 5.74) is 0. The molecule has 0 saturated carbocycles. The molecule has 1 saturated heterocycles. The van der Waals surface area contributed by atoms with Crippen LogP contribution in [0.3, 0.4) is 0 Å². The Labute approximate surface area is 115 Å². The lowest BCUT2D eigenvalue weighted by atomic mass is 10.2. The van der Waals surface area contributed by atoms with Gasteiger partial charge in [0.25, 0.3) is 0 Å². The average Bonchev–Trinajstić information content (AvgIpc) is 2.81. The summed E-state index contributed by atoms with van der Waals surface area (Å²) in [5, 5.41) is 12.4. The van der Waals surface area contributed by atoms with Crippen molar-refractivity contribution in [2.45, 2.75) is 32.3 Å². The fourth-order valence-electron chi connectivity index (χ4n) is 2.08. The monoisotopic (exact) mass is 283 g/mol. The van der Waals surface area contributed by atoms with Crippen molar-refractivity contribution < 1.29 is 24.0 Å². The number of ether oxygens (including phenoxy) is 1. The fraction of sp³-hybridized carbons (Fsp3) is 0.667. The molecule has 2 heterocycles. The van der Waals surface area contributed by atoms with Gasteiger partial charge in [0.2, 0.25) is 11.8 Å². The molecule has 0 spiro atoms. The Morgan fingerprint density at radius 2 is 2.30 bits per heavy atom. The first-order valence-electron chi connectivity index (χ1n) is 6.45. The largest absolute Gasteiger partial charge is 0.481 e. The molecule has 20 heavy (non-hydrogen) atoms. The van der Waals surface area contributed by atoms with Crippen LogP contribution in [0.15, 0.2) is 4.52 Å². The van der Waals surface area contributed by atoms with Gasteiger partial charge in [0, 0.05) is 25.9 Å². The minimum atomic E-state index is -0.925. The molecule has 1 aromatic rings. The summed E-state index contributed by atoms with van der Waals surface area (Å²) >= 11 is 0. The predicted octanol–water partition coefficient (Wildman–Crippen LogP) is 0.0127. The number of hydrogen-bond acceptors (Lipinski definition) is 6. The van der Waals surface area contributed by atoms with E-state index < -0.39 is 12.1 Å². The number of rotatable bonds is 5. The zero-order chi connectivity index (χ0) is 14.5. The number of hydrogen-bond donors (Lipinski definition) is 1. The van der Waals surface area contributed by atoms with Crippen molar-refractivity contribution in [2.24, 2.45) is 0 Å². The van der Waals surface area contributed by atoms with E-state index in [4.69, 9.17) is 14.4 Å². The van der Waals surface area contributed by atoms with Gasteiger partial charge >= 0.3 is 5.97 Å². The second kappa shape index (κ2) is 6.47. The van der Waals surface area contributed by atoms with Crippen LogP contribution >= 0.6 is 0 Å². The number of carbonyl (C=O) groups excluding carboxylic acids is 1. The van der Waals surface area contributed by atoms with Gasteiger partial charge in [0.15, 0.2) is 5.82 Å². The molecule has 0 aromatic carbocycles. The zero-order valence-corrected chi connectivity index (χ0v) is 11.2. The van der Waals surface area contributed by atoms with E-state index in [2.05, 4.69) is 10.1 Å². The first-order valence-corrected chi connectivity index (χ1v) is 6.45. The van der Waals surface area contributed by atoms with Crippen LogP contribution in [0.25, 0.3) is 0 Å². The van der Waals surface area contributed by atoms with Crippen molar-refractivity contribution in [1.29, 1.82) is 0 Å². The number of aromatic nitrogens is 2. The van der Waals surface area contributed by atoms with Crippen molar-refractivity contribution in [3.8, 4) is 0 Å². The van der Waals surface area contributed by atoms with E-state index in [0.29, 0.717) is 37.8 Å². The molecular formula is C12H17N3O5. The Bertz CT molecular complexity index is 487. The molecule has 0 bridgehead atoms. The van der Waals surface area contributed by atoms with Crippen LogP contribution < -0.4 is 0 Å². The molecule has 1 atom stereocenters. The summed E-state index contributed by atoms with van der Waals surface area (Å²) in [5.74, 6) is -0.00304. The molecule has 1 aromatic heterocycles. The summed E-state index contributed by atoms with van der Waals surface area (Å²) in [6, 6.07) is 0. The SMILES string of the molecule is Cc1noc(CCC(=O)N2CCOC(CC(=O)O)C2)n1. The first-order chi connectivity index (χ1) is 9.54. The number of aryl methyl sites for hydroxylation is 2. The van der Waals surface area contributed by atoms with Gasteiger partial charge in [-0.15, -0.1) is 0 Å². The van der Waals surface area contributed by atoms with Gasteiger partial charge in [-0.25, -0.2) is 0 Å². The Kier molecular flexibility index (Phi) is 4.67. The van der Waals surface area contributed by atoms with Crippen molar-refractivity contribution >= 4 is 11.9 Å². The first kappa shape index (κ1) is 14.4. The third-order valence-electron chi connectivity index (χ3n) is 3.02. The Morgan fingerprint density at radius 3 is 2.95 bits per heavy atom. The number of carboxylic acids is 1. The van der Waals surface area contributed by atoms with Crippen LogP contribution in [0.1, 0.15) is 24.6 Å². The van der Waals surface area contributed by atoms with Crippen molar-refractivity contribution in [3.05, 3.63) is 11.7 Å². The molecule has 2 rings (SSSR count). The molecule has 1 fully saturated rings. The second-order valence-corrected chi connectivity index (χ2v) is 4.67. The van der Waals surface area contributed by atoms with Crippen LogP contribution in [0, 0.1) is 6.92 Å². The lowest BCUT2D eigenvalue weighted by molar-refractivity contribution is -0.147. The van der Waals surface area contributed by atoms with E-state index in [1.165, 1.54) is 0 Å². The third-order valence-corrected chi connectivity index (χ3v) is 3.02. The van der Waals surface area contributed by atoms with Gasteiger partial charge in [-0.2, -0.15) is 4.98 Å². The summed E-state index contributed by atoms with van der Waals surface area (Å²) in [4.78, 5) is 28.3. The minimum absolute atomic E-state index is 0.0560. The number of amides is 1. The topological polar surface area (TPSA) is 106 Å². The van der Waals surface area contributed by atoms with Crippen LogP contribution in [0.5, 0.6) is 0 Å². The van der Waals surface area contributed by atoms with E-state index in [1.54, 1.807) is 11.8 Å². The van der Waals surface area contributed by atoms with Crippen LogP contribution in [0.4, 0.5) is 0 Å². The smallest absolute Gasteiger partial charge is 0.306 e. The molecule has 1 aliphatic rings. The zero-order valence-electron chi connectivity index (χ0n) is 11.2. The highest BCUT2D eigenvalue weighted by Gasteiger charge is 2.25. The Hall–Kier alpha value is -1.96. The van der Waals surface area contributed by atoms with Crippen molar-refractivity contribution in [3.63, 3.8) is 0 Å². The fourth-order valence-corrected chi connectivity index (χ4v) is 2.08. The minimum Gasteiger partial charge on any atom is -0.481 e. The number of nitrogens with zero attached hydrogens (tertiary/aromatic N) is 3. The van der Waals surface area contributed by atoms with Crippen molar-refractivity contribution in [2.75, 3.05) is 19.7 Å². The van der Waals surface area contributed by atoms with E-state index in [9.17, 15) is 9.59 Å². The molecule has 1 N–H and O–H groups in total. The van der Waals surface area contributed by atoms with E-state index in [-0.39, 0.29) is 18.7 Å². The lowest BCUT2D eigenvalue weighted by Gasteiger charge is -2.32. The van der Waals surface area contributed by atoms with Gasteiger partial charge in [0.1, 0.15) is 0 Å². The van der Waals surface area contributed by atoms with Crippen molar-refractivity contribution in [1.82, 2.24) is 15.0 Å². The number of carboxylic acid groups (broad SMARTS) is 1. The standard InChI is InChI=1S/C12H17N3O5/c1-8-13-10(20-14-8)2-3-11(16)15-4-5-19-9(7-15)6-12(17)18/h9H,2-7H2,1H3,(H,17,18). The molecule has 0 radical (unpaired) electrons. The number of aliphatic carboxylic acids is 1. The highest BCUT2D eigenvalue weighted by atomic mass is 16.5. The quantitative estimate of drug-likeness (QED) is 0.811. The second-order valence-electron chi connectivity index (χ2n) is 4.67. The van der Waals surface area contributed by atoms with E-state index in [0.717, 1.165) is 0 Å². The maximum atomic E-state index is 12.0. The molecular weight excluding hydrogens is 266 g/mol. The van der Waals surface area contributed by atoms with Gasteiger partial charge < -0.3 is 19.3 Å². The molecule has 1 amide bonds. The average molecular weight is 283 g/mol.